The standard InChI is InChI=1S/C19H28N4O2/c1-19(2,3)25-18(24)22-11-6-7-16(22)9-10-20-13-15-14-21-23-12-5-4-8-17(15)23/h4-5,8,12,14,16,20H,6-7,9-11,13H2,1-3H3. The molecule has 1 amide bonds. The summed E-state index contributed by atoms with van der Waals surface area (Å²) in [5.74, 6) is 0. The number of nitrogens with one attached hydrogen (secondary N) is 1. The number of ether oxygens (including phenoxy) is 1. The maximum atomic E-state index is 12.3. The van der Waals surface area contributed by atoms with Gasteiger partial charge in [0.05, 0.1) is 11.7 Å². The first-order chi connectivity index (χ1) is 11.9. The van der Waals surface area contributed by atoms with Crippen LogP contribution < -0.4 is 5.32 Å². The number of amides is 1. The first kappa shape index (κ1) is 17.7. The second-order valence-corrected chi connectivity index (χ2v) is 7.64. The van der Waals surface area contributed by atoms with E-state index in [0.29, 0.717) is 0 Å². The van der Waals surface area contributed by atoms with Crippen LogP contribution in [0.1, 0.15) is 45.6 Å². The second kappa shape index (κ2) is 7.44. The van der Waals surface area contributed by atoms with Crippen LogP contribution in [0.3, 0.4) is 0 Å². The Kier molecular flexibility index (Phi) is 5.27. The predicted molar refractivity (Wildman–Crippen MR) is 97.5 cm³/mol. The summed E-state index contributed by atoms with van der Waals surface area (Å²) in [6, 6.07) is 6.34. The molecule has 1 aliphatic heterocycles. The Morgan fingerprint density at radius 3 is 3.04 bits per heavy atom. The van der Waals surface area contributed by atoms with Gasteiger partial charge >= 0.3 is 6.09 Å². The highest BCUT2D eigenvalue weighted by Crippen LogP contribution is 2.22. The number of rotatable bonds is 5. The van der Waals surface area contributed by atoms with Crippen molar-refractivity contribution in [3.05, 3.63) is 36.2 Å². The molecule has 1 unspecified atom stereocenters. The molecule has 2 aromatic rings. The lowest BCUT2D eigenvalue weighted by Crippen LogP contribution is -2.40. The van der Waals surface area contributed by atoms with Gasteiger partial charge in [0.1, 0.15) is 5.60 Å². The molecule has 2 aromatic heterocycles. The van der Waals surface area contributed by atoms with E-state index < -0.39 is 5.60 Å². The molecule has 0 radical (unpaired) electrons. The Bertz CT molecular complexity index is 720. The van der Waals surface area contributed by atoms with Crippen LogP contribution in [0.2, 0.25) is 0 Å². The molecule has 0 spiro atoms. The number of carbonyl (C=O) groups is 1. The van der Waals surface area contributed by atoms with E-state index in [1.165, 1.54) is 5.56 Å². The van der Waals surface area contributed by atoms with Gasteiger partial charge in [-0.15, -0.1) is 0 Å². The zero-order valence-electron chi connectivity index (χ0n) is 15.4. The van der Waals surface area contributed by atoms with Crippen molar-refractivity contribution in [2.45, 2.75) is 58.2 Å². The van der Waals surface area contributed by atoms with Gasteiger partial charge < -0.3 is 15.0 Å². The van der Waals surface area contributed by atoms with E-state index in [9.17, 15) is 4.79 Å². The molecule has 1 aliphatic rings. The lowest BCUT2D eigenvalue weighted by atomic mass is 10.1. The summed E-state index contributed by atoms with van der Waals surface area (Å²) in [5.41, 5.74) is 1.88. The van der Waals surface area contributed by atoms with Crippen LogP contribution in [0.25, 0.3) is 5.52 Å². The summed E-state index contributed by atoms with van der Waals surface area (Å²) < 4.78 is 7.41. The number of carbonyl (C=O) groups excluding carboxylic acids is 1. The highest BCUT2D eigenvalue weighted by atomic mass is 16.6. The van der Waals surface area contributed by atoms with Gasteiger partial charge in [-0.25, -0.2) is 9.31 Å². The number of aromatic nitrogens is 2. The monoisotopic (exact) mass is 344 g/mol. The summed E-state index contributed by atoms with van der Waals surface area (Å²) in [7, 11) is 0. The molecule has 136 valence electrons. The highest BCUT2D eigenvalue weighted by Gasteiger charge is 2.31. The van der Waals surface area contributed by atoms with Crippen molar-refractivity contribution in [2.75, 3.05) is 13.1 Å². The van der Waals surface area contributed by atoms with E-state index in [2.05, 4.69) is 16.5 Å². The Hall–Kier alpha value is -2.08. The maximum Gasteiger partial charge on any atom is 0.410 e. The summed E-state index contributed by atoms with van der Waals surface area (Å²) in [5, 5.41) is 7.83. The van der Waals surface area contributed by atoms with E-state index in [-0.39, 0.29) is 12.1 Å². The zero-order chi connectivity index (χ0) is 17.9. The normalized spacial score (nSPS) is 18.0. The average molecular weight is 344 g/mol. The number of hydrogen-bond donors (Lipinski definition) is 1. The lowest BCUT2D eigenvalue weighted by Gasteiger charge is -2.28. The lowest BCUT2D eigenvalue weighted by molar-refractivity contribution is 0.0221. The molecule has 0 saturated carbocycles. The minimum atomic E-state index is -0.439. The molecule has 0 aromatic carbocycles. The van der Waals surface area contributed by atoms with Crippen LogP contribution in [0.15, 0.2) is 30.6 Å². The summed E-state index contributed by atoms with van der Waals surface area (Å²) in [6.45, 7) is 8.18. The molecule has 3 rings (SSSR count). The van der Waals surface area contributed by atoms with E-state index in [1.54, 1.807) is 0 Å². The Morgan fingerprint density at radius 1 is 1.40 bits per heavy atom. The first-order valence-corrected chi connectivity index (χ1v) is 9.05. The van der Waals surface area contributed by atoms with Crippen molar-refractivity contribution in [3.63, 3.8) is 0 Å². The topological polar surface area (TPSA) is 58.9 Å². The number of hydrogen-bond acceptors (Lipinski definition) is 4. The van der Waals surface area contributed by atoms with Crippen molar-refractivity contribution in [1.82, 2.24) is 19.8 Å². The number of likely N-dealkylation sites (tertiary alicyclic amines) is 1. The Morgan fingerprint density at radius 2 is 2.24 bits per heavy atom. The van der Waals surface area contributed by atoms with Gasteiger partial charge in [0.15, 0.2) is 0 Å². The minimum absolute atomic E-state index is 0.183. The van der Waals surface area contributed by atoms with Crippen molar-refractivity contribution < 1.29 is 9.53 Å². The average Bonchev–Trinajstić information content (AvgIpc) is 3.17. The third kappa shape index (κ3) is 4.51. The molecule has 1 atom stereocenters. The minimum Gasteiger partial charge on any atom is -0.444 e. The van der Waals surface area contributed by atoms with Gasteiger partial charge in [0.2, 0.25) is 0 Å². The molecule has 0 aliphatic carbocycles. The van der Waals surface area contributed by atoms with Gasteiger partial charge in [-0.2, -0.15) is 5.10 Å². The van der Waals surface area contributed by atoms with E-state index >= 15 is 0 Å². The molecular weight excluding hydrogens is 316 g/mol. The van der Waals surface area contributed by atoms with Crippen LogP contribution in [-0.4, -0.2) is 45.3 Å². The van der Waals surface area contributed by atoms with Crippen molar-refractivity contribution in [1.29, 1.82) is 0 Å². The third-order valence-corrected chi connectivity index (χ3v) is 4.48. The number of pyridine rings is 1. The van der Waals surface area contributed by atoms with Crippen LogP contribution in [0.4, 0.5) is 4.79 Å². The fourth-order valence-electron chi connectivity index (χ4n) is 3.31. The summed E-state index contributed by atoms with van der Waals surface area (Å²) in [4.78, 5) is 14.2. The van der Waals surface area contributed by atoms with Gasteiger partial charge in [-0.1, -0.05) is 6.07 Å². The van der Waals surface area contributed by atoms with E-state index in [1.807, 2.05) is 54.7 Å². The molecule has 6 heteroatoms. The molecule has 25 heavy (non-hydrogen) atoms. The van der Waals surface area contributed by atoms with Gasteiger partial charge in [-0.3, -0.25) is 0 Å². The molecule has 6 nitrogen and oxygen atoms in total. The van der Waals surface area contributed by atoms with Crippen molar-refractivity contribution >= 4 is 11.6 Å². The van der Waals surface area contributed by atoms with Crippen molar-refractivity contribution in [3.8, 4) is 0 Å². The Balaban J connectivity index is 1.47. The summed E-state index contributed by atoms with van der Waals surface area (Å²) >= 11 is 0. The molecule has 1 fully saturated rings. The van der Waals surface area contributed by atoms with Gasteiger partial charge in [-0.05, 0) is 58.7 Å². The van der Waals surface area contributed by atoms with Crippen LogP contribution in [-0.2, 0) is 11.3 Å². The second-order valence-electron chi connectivity index (χ2n) is 7.64. The van der Waals surface area contributed by atoms with Gasteiger partial charge in [0, 0.05) is 30.9 Å². The molecular formula is C19H28N4O2. The van der Waals surface area contributed by atoms with Crippen LogP contribution >= 0.6 is 0 Å². The fraction of sp³-hybridized carbons (Fsp3) is 0.579. The van der Waals surface area contributed by atoms with E-state index in [0.717, 1.165) is 44.4 Å². The maximum absolute atomic E-state index is 12.3. The number of nitrogens with zero attached hydrogens (tertiary/aromatic N) is 3. The molecule has 3 heterocycles. The van der Waals surface area contributed by atoms with E-state index in [4.69, 9.17) is 4.74 Å². The third-order valence-electron chi connectivity index (χ3n) is 4.48. The number of fused-ring (bicyclic) bond motifs is 1. The first-order valence-electron chi connectivity index (χ1n) is 9.05. The van der Waals surface area contributed by atoms with Crippen LogP contribution in [0, 0.1) is 0 Å². The van der Waals surface area contributed by atoms with Crippen molar-refractivity contribution in [2.24, 2.45) is 0 Å². The smallest absolute Gasteiger partial charge is 0.410 e. The quantitative estimate of drug-likeness (QED) is 0.846. The SMILES string of the molecule is CC(C)(C)OC(=O)N1CCCC1CCNCc1cnn2ccccc12. The molecule has 0 bridgehead atoms. The zero-order valence-corrected chi connectivity index (χ0v) is 15.4. The van der Waals surface area contributed by atoms with Crippen LogP contribution in [0.5, 0.6) is 0 Å². The molecule has 1 saturated heterocycles. The fourth-order valence-corrected chi connectivity index (χ4v) is 3.31. The molecule has 1 N–H and O–H groups in total. The Labute approximate surface area is 149 Å². The predicted octanol–water partition coefficient (Wildman–Crippen LogP) is 3.21. The van der Waals surface area contributed by atoms with Gasteiger partial charge in [0.25, 0.3) is 0 Å². The largest absolute Gasteiger partial charge is 0.444 e. The summed E-state index contributed by atoms with van der Waals surface area (Å²) in [6.07, 6.45) is 6.73. The highest BCUT2D eigenvalue weighted by molar-refractivity contribution is 5.68.